The quantitative estimate of drug-likeness (QED) is 0.439. The van der Waals surface area contributed by atoms with Crippen molar-refractivity contribution in [3.8, 4) is 0 Å². The van der Waals surface area contributed by atoms with E-state index in [0.29, 0.717) is 11.3 Å². The van der Waals surface area contributed by atoms with Crippen molar-refractivity contribution < 1.29 is 9.59 Å². The van der Waals surface area contributed by atoms with Crippen LogP contribution in [0.15, 0.2) is 35.3 Å². The van der Waals surface area contributed by atoms with Crippen molar-refractivity contribution in [2.75, 3.05) is 0 Å². The van der Waals surface area contributed by atoms with Gasteiger partial charge in [-0.25, -0.2) is 4.79 Å². The summed E-state index contributed by atoms with van der Waals surface area (Å²) >= 11 is 0. The Morgan fingerprint density at radius 3 is 2.79 bits per heavy atom. The van der Waals surface area contributed by atoms with Crippen molar-refractivity contribution in [3.05, 3.63) is 35.9 Å². The molecule has 70 valence electrons. The number of benzene rings is 1. The molecule has 4 heteroatoms. The number of para-hydroxylation sites is 1. The van der Waals surface area contributed by atoms with Gasteiger partial charge in [0.15, 0.2) is 0 Å². The van der Waals surface area contributed by atoms with E-state index >= 15 is 0 Å². The summed E-state index contributed by atoms with van der Waals surface area (Å²) in [6, 6.07) is 6.86. The molecule has 0 heterocycles. The molecular formula is C10H8N2O2. The van der Waals surface area contributed by atoms with Crippen LogP contribution in [0.4, 0.5) is 5.69 Å². The van der Waals surface area contributed by atoms with E-state index in [4.69, 9.17) is 5.73 Å². The second-order valence-electron chi connectivity index (χ2n) is 2.50. The largest absolute Gasteiger partial charge is 0.366 e. The van der Waals surface area contributed by atoms with Crippen LogP contribution in [0, 0.1) is 0 Å². The maximum Gasteiger partial charge on any atom is 0.241 e. The van der Waals surface area contributed by atoms with E-state index in [1.807, 2.05) is 0 Å². The average Bonchev–Trinajstić information content (AvgIpc) is 2.17. The molecule has 1 rings (SSSR count). The standard InChI is InChI=1S/C10H8N2O2/c11-10(14)6-5-8-3-1-2-4-9(8)12-7-13/h1-6H,(H2,11,14). The number of nitrogens with two attached hydrogens (primary N) is 1. The van der Waals surface area contributed by atoms with Crippen molar-refractivity contribution in [1.82, 2.24) is 0 Å². The van der Waals surface area contributed by atoms with Gasteiger partial charge in [-0.15, -0.1) is 0 Å². The van der Waals surface area contributed by atoms with Crippen molar-refractivity contribution in [2.24, 2.45) is 10.7 Å². The summed E-state index contributed by atoms with van der Waals surface area (Å²) in [6.07, 6.45) is 4.14. The molecule has 0 aliphatic carbocycles. The van der Waals surface area contributed by atoms with Gasteiger partial charge in [0, 0.05) is 11.6 Å². The Morgan fingerprint density at radius 1 is 1.43 bits per heavy atom. The van der Waals surface area contributed by atoms with Crippen LogP contribution in [0.3, 0.4) is 0 Å². The molecule has 14 heavy (non-hydrogen) atoms. The van der Waals surface area contributed by atoms with Gasteiger partial charge in [-0.05, 0) is 12.1 Å². The molecule has 0 aromatic heterocycles. The van der Waals surface area contributed by atoms with Gasteiger partial charge < -0.3 is 5.73 Å². The molecular weight excluding hydrogens is 180 g/mol. The van der Waals surface area contributed by atoms with Crippen LogP contribution < -0.4 is 5.73 Å². The van der Waals surface area contributed by atoms with Gasteiger partial charge in [-0.1, -0.05) is 18.2 Å². The summed E-state index contributed by atoms with van der Waals surface area (Å²) in [6.45, 7) is 0. The summed E-state index contributed by atoms with van der Waals surface area (Å²) in [5.41, 5.74) is 6.04. The molecule has 0 unspecified atom stereocenters. The molecule has 1 amide bonds. The van der Waals surface area contributed by atoms with E-state index in [0.717, 1.165) is 0 Å². The zero-order valence-electron chi connectivity index (χ0n) is 7.31. The third-order valence-electron chi connectivity index (χ3n) is 1.53. The molecule has 1 aromatic rings. The molecule has 0 aliphatic rings. The maximum absolute atomic E-state index is 10.5. The topological polar surface area (TPSA) is 72.5 Å². The molecule has 2 N–H and O–H groups in total. The predicted octanol–water partition coefficient (Wildman–Crippen LogP) is 1.15. The van der Waals surface area contributed by atoms with Gasteiger partial charge >= 0.3 is 0 Å². The lowest BCUT2D eigenvalue weighted by molar-refractivity contribution is -0.113. The maximum atomic E-state index is 10.5. The Kier molecular flexibility index (Phi) is 3.35. The Balaban J connectivity index is 3.07. The van der Waals surface area contributed by atoms with E-state index in [2.05, 4.69) is 4.99 Å². The van der Waals surface area contributed by atoms with Crippen LogP contribution in [0.1, 0.15) is 5.56 Å². The number of carbonyl (C=O) groups is 1. The van der Waals surface area contributed by atoms with E-state index in [9.17, 15) is 9.59 Å². The van der Waals surface area contributed by atoms with Crippen LogP contribution >= 0.6 is 0 Å². The zero-order chi connectivity index (χ0) is 10.4. The van der Waals surface area contributed by atoms with Crippen LogP contribution in [0.2, 0.25) is 0 Å². The van der Waals surface area contributed by atoms with E-state index in [1.165, 1.54) is 18.2 Å². The fourth-order valence-corrected chi connectivity index (χ4v) is 0.951. The second-order valence-corrected chi connectivity index (χ2v) is 2.50. The van der Waals surface area contributed by atoms with Gasteiger partial charge in [0.05, 0.1) is 5.69 Å². The second kappa shape index (κ2) is 4.74. The van der Waals surface area contributed by atoms with Gasteiger partial charge in [-0.2, -0.15) is 4.99 Å². The molecule has 0 bridgehead atoms. The number of isocyanates is 1. The normalized spacial score (nSPS) is 9.71. The third-order valence-corrected chi connectivity index (χ3v) is 1.53. The fraction of sp³-hybridized carbons (Fsp3) is 0. The van der Waals surface area contributed by atoms with Gasteiger partial charge in [0.2, 0.25) is 12.0 Å². The predicted molar refractivity (Wildman–Crippen MR) is 52.5 cm³/mol. The van der Waals surface area contributed by atoms with Gasteiger partial charge in [0.1, 0.15) is 0 Å². The van der Waals surface area contributed by atoms with E-state index < -0.39 is 5.91 Å². The van der Waals surface area contributed by atoms with E-state index in [-0.39, 0.29) is 0 Å². The van der Waals surface area contributed by atoms with Crippen molar-refractivity contribution in [1.29, 1.82) is 0 Å². The summed E-state index contributed by atoms with van der Waals surface area (Å²) in [4.78, 5) is 24.0. The summed E-state index contributed by atoms with van der Waals surface area (Å²) in [5, 5.41) is 0. The lowest BCUT2D eigenvalue weighted by Crippen LogP contribution is -2.05. The molecule has 0 radical (unpaired) electrons. The summed E-state index contributed by atoms with van der Waals surface area (Å²) in [5.74, 6) is -0.546. The molecule has 0 fully saturated rings. The molecule has 0 saturated carbocycles. The molecule has 0 aliphatic heterocycles. The minimum absolute atomic E-state index is 0.458. The molecule has 0 saturated heterocycles. The first-order chi connectivity index (χ1) is 6.74. The lowest BCUT2D eigenvalue weighted by Gasteiger charge is -1.95. The number of aliphatic imine (C=N–C) groups is 1. The number of hydrogen-bond acceptors (Lipinski definition) is 3. The summed E-state index contributed by atoms with van der Waals surface area (Å²) in [7, 11) is 0. The Morgan fingerprint density at radius 2 is 2.14 bits per heavy atom. The van der Waals surface area contributed by atoms with Crippen LogP contribution in [0.25, 0.3) is 6.08 Å². The number of rotatable bonds is 3. The number of primary amides is 1. The average molecular weight is 188 g/mol. The van der Waals surface area contributed by atoms with Crippen molar-refractivity contribution >= 4 is 23.8 Å². The number of nitrogens with zero attached hydrogens (tertiary/aromatic N) is 1. The Labute approximate surface area is 80.8 Å². The van der Waals surface area contributed by atoms with E-state index in [1.54, 1.807) is 24.3 Å². The SMILES string of the molecule is NC(=O)C=Cc1ccccc1N=C=O. The number of hydrogen-bond donors (Lipinski definition) is 1. The summed E-state index contributed by atoms with van der Waals surface area (Å²) < 4.78 is 0. The first kappa shape index (κ1) is 9.89. The van der Waals surface area contributed by atoms with Crippen molar-refractivity contribution in [3.63, 3.8) is 0 Å². The highest BCUT2D eigenvalue weighted by atomic mass is 16.1. The van der Waals surface area contributed by atoms with Gasteiger partial charge in [0.25, 0.3) is 0 Å². The highest BCUT2D eigenvalue weighted by Crippen LogP contribution is 2.18. The molecule has 0 spiro atoms. The lowest BCUT2D eigenvalue weighted by atomic mass is 10.1. The van der Waals surface area contributed by atoms with Crippen LogP contribution in [0.5, 0.6) is 0 Å². The number of carbonyl (C=O) groups excluding carboxylic acids is 2. The third kappa shape index (κ3) is 2.69. The van der Waals surface area contributed by atoms with Crippen LogP contribution in [-0.4, -0.2) is 12.0 Å². The number of amides is 1. The minimum Gasteiger partial charge on any atom is -0.366 e. The Bertz CT molecular complexity index is 418. The highest BCUT2D eigenvalue weighted by molar-refractivity contribution is 5.91. The smallest absolute Gasteiger partial charge is 0.241 e. The van der Waals surface area contributed by atoms with Crippen LogP contribution in [-0.2, 0) is 9.59 Å². The first-order valence-electron chi connectivity index (χ1n) is 3.88. The fourth-order valence-electron chi connectivity index (χ4n) is 0.951. The highest BCUT2D eigenvalue weighted by Gasteiger charge is 1.95. The molecule has 4 nitrogen and oxygen atoms in total. The van der Waals surface area contributed by atoms with Gasteiger partial charge in [-0.3, -0.25) is 4.79 Å². The monoisotopic (exact) mass is 188 g/mol. The Hall–Kier alpha value is -2.19. The first-order valence-corrected chi connectivity index (χ1v) is 3.88. The minimum atomic E-state index is -0.546. The molecule has 1 aromatic carbocycles. The van der Waals surface area contributed by atoms with Crippen molar-refractivity contribution in [2.45, 2.75) is 0 Å². The molecule has 0 atom stereocenters. The zero-order valence-corrected chi connectivity index (χ0v) is 7.31.